The van der Waals surface area contributed by atoms with Gasteiger partial charge < -0.3 is 4.98 Å². The number of benzene rings is 1. The van der Waals surface area contributed by atoms with Gasteiger partial charge in [-0.25, -0.2) is 4.79 Å². The molecule has 6 heteroatoms. The number of aromatic amines is 1. The summed E-state index contributed by atoms with van der Waals surface area (Å²) in [7, 11) is 0. The second-order valence-corrected chi connectivity index (χ2v) is 5.18. The van der Waals surface area contributed by atoms with Gasteiger partial charge in [0.2, 0.25) is 0 Å². The van der Waals surface area contributed by atoms with Crippen LogP contribution in [0.2, 0.25) is 0 Å². The number of nitrogens with zero attached hydrogens (tertiary/aromatic N) is 1. The standard InChI is InChI=1S/C16H13F3N2O/c17-16(18,19)14-12-8-4-7-11(13(12)20-15(22)21-14)9-10-5-2-1-3-6-10/h1-3,5-6,9H,4,7-8H2,(H,20,21,22)/b11-9+. The number of halogens is 3. The molecule has 0 atom stereocenters. The van der Waals surface area contributed by atoms with Crippen LogP contribution in [0, 0.1) is 0 Å². The fourth-order valence-electron chi connectivity index (χ4n) is 2.71. The van der Waals surface area contributed by atoms with Gasteiger partial charge in [-0.3, -0.25) is 0 Å². The number of allylic oxidation sites excluding steroid dienone is 1. The van der Waals surface area contributed by atoms with Gasteiger partial charge in [-0.1, -0.05) is 30.3 Å². The molecule has 0 radical (unpaired) electrons. The van der Waals surface area contributed by atoms with Crippen molar-refractivity contribution in [2.45, 2.75) is 25.4 Å². The fraction of sp³-hybridized carbons (Fsp3) is 0.250. The lowest BCUT2D eigenvalue weighted by Crippen LogP contribution is -2.25. The lowest BCUT2D eigenvalue weighted by Gasteiger charge is -2.21. The molecular weight excluding hydrogens is 293 g/mol. The van der Waals surface area contributed by atoms with Crippen molar-refractivity contribution >= 4 is 11.6 Å². The van der Waals surface area contributed by atoms with Crippen LogP contribution in [0.3, 0.4) is 0 Å². The average molecular weight is 306 g/mol. The molecule has 3 nitrogen and oxygen atoms in total. The number of rotatable bonds is 1. The largest absolute Gasteiger partial charge is 0.431 e. The molecule has 1 N–H and O–H groups in total. The van der Waals surface area contributed by atoms with E-state index in [2.05, 4.69) is 4.98 Å². The number of hydrogen-bond donors (Lipinski definition) is 1. The van der Waals surface area contributed by atoms with E-state index < -0.39 is 17.6 Å². The summed E-state index contributed by atoms with van der Waals surface area (Å²) in [5.41, 5.74) is -0.134. The molecule has 0 spiro atoms. The molecule has 1 aliphatic rings. The smallest absolute Gasteiger partial charge is 0.301 e. The lowest BCUT2D eigenvalue weighted by molar-refractivity contribution is -0.142. The number of fused-ring (bicyclic) bond motifs is 1. The SMILES string of the molecule is O=c1nc2c(c(C(F)(F)F)[nH]1)CCC/C2=C\c1ccccc1. The third kappa shape index (κ3) is 2.81. The molecule has 0 unspecified atom stereocenters. The van der Waals surface area contributed by atoms with Gasteiger partial charge in [0, 0.05) is 5.56 Å². The zero-order valence-corrected chi connectivity index (χ0v) is 11.6. The summed E-state index contributed by atoms with van der Waals surface area (Å²) in [6, 6.07) is 9.28. The number of aromatic nitrogens is 2. The van der Waals surface area contributed by atoms with Gasteiger partial charge in [-0.2, -0.15) is 18.2 Å². The van der Waals surface area contributed by atoms with Crippen LogP contribution in [-0.4, -0.2) is 9.97 Å². The van der Waals surface area contributed by atoms with Crippen molar-refractivity contribution in [3.05, 3.63) is 63.3 Å². The van der Waals surface area contributed by atoms with Crippen LogP contribution in [0.5, 0.6) is 0 Å². The summed E-state index contributed by atoms with van der Waals surface area (Å²) >= 11 is 0. The van der Waals surface area contributed by atoms with E-state index in [-0.39, 0.29) is 17.7 Å². The molecular formula is C16H13F3N2O. The molecule has 1 aliphatic carbocycles. The number of hydrogen-bond acceptors (Lipinski definition) is 2. The van der Waals surface area contributed by atoms with Gasteiger partial charge >= 0.3 is 11.9 Å². The first-order valence-corrected chi connectivity index (χ1v) is 6.91. The number of alkyl halides is 3. The van der Waals surface area contributed by atoms with Gasteiger partial charge in [0.25, 0.3) is 0 Å². The molecule has 114 valence electrons. The molecule has 22 heavy (non-hydrogen) atoms. The topological polar surface area (TPSA) is 45.8 Å². The first-order chi connectivity index (χ1) is 10.4. The van der Waals surface area contributed by atoms with Crippen LogP contribution in [0.15, 0.2) is 35.1 Å². The summed E-state index contributed by atoms with van der Waals surface area (Å²) in [6.45, 7) is 0. The maximum Gasteiger partial charge on any atom is 0.431 e. The molecule has 3 rings (SSSR count). The zero-order valence-electron chi connectivity index (χ0n) is 11.6. The maximum atomic E-state index is 13.1. The molecule has 0 bridgehead atoms. The number of H-pyrrole nitrogens is 1. The van der Waals surface area contributed by atoms with E-state index >= 15 is 0 Å². The minimum absolute atomic E-state index is 0.0838. The van der Waals surface area contributed by atoms with Gasteiger partial charge in [0.05, 0.1) is 5.69 Å². The summed E-state index contributed by atoms with van der Waals surface area (Å²) < 4.78 is 39.3. The van der Waals surface area contributed by atoms with Gasteiger partial charge in [-0.05, 0) is 36.5 Å². The molecule has 1 heterocycles. The van der Waals surface area contributed by atoms with Crippen molar-refractivity contribution in [1.29, 1.82) is 0 Å². The van der Waals surface area contributed by atoms with E-state index in [1.54, 1.807) is 6.08 Å². The molecule has 0 amide bonds. The van der Waals surface area contributed by atoms with Crippen LogP contribution < -0.4 is 5.69 Å². The van der Waals surface area contributed by atoms with Crippen molar-refractivity contribution < 1.29 is 13.2 Å². The molecule has 0 saturated carbocycles. The third-order valence-electron chi connectivity index (χ3n) is 3.63. The Morgan fingerprint density at radius 2 is 1.86 bits per heavy atom. The van der Waals surface area contributed by atoms with Crippen LogP contribution in [0.4, 0.5) is 13.2 Å². The van der Waals surface area contributed by atoms with E-state index in [1.165, 1.54) is 0 Å². The molecule has 0 saturated heterocycles. The summed E-state index contributed by atoms with van der Waals surface area (Å²) in [5.74, 6) is 0. The number of nitrogens with one attached hydrogen (secondary N) is 1. The molecule has 1 aromatic heterocycles. The first-order valence-electron chi connectivity index (χ1n) is 6.91. The van der Waals surface area contributed by atoms with Crippen molar-refractivity contribution in [2.75, 3.05) is 0 Å². The van der Waals surface area contributed by atoms with E-state index in [0.29, 0.717) is 18.4 Å². The van der Waals surface area contributed by atoms with E-state index in [4.69, 9.17) is 0 Å². The monoisotopic (exact) mass is 306 g/mol. The van der Waals surface area contributed by atoms with Crippen molar-refractivity contribution in [3.63, 3.8) is 0 Å². The third-order valence-corrected chi connectivity index (χ3v) is 3.63. The summed E-state index contributed by atoms with van der Waals surface area (Å²) in [4.78, 5) is 17.1. The Labute approximate surface area is 124 Å². The Bertz CT molecular complexity index is 776. The molecule has 0 fully saturated rings. The van der Waals surface area contributed by atoms with Crippen LogP contribution in [-0.2, 0) is 12.6 Å². The lowest BCUT2D eigenvalue weighted by atomic mass is 9.89. The second-order valence-electron chi connectivity index (χ2n) is 5.18. The highest BCUT2D eigenvalue weighted by molar-refractivity contribution is 5.82. The van der Waals surface area contributed by atoms with Crippen molar-refractivity contribution in [3.8, 4) is 0 Å². The van der Waals surface area contributed by atoms with Crippen molar-refractivity contribution in [2.24, 2.45) is 0 Å². The molecule has 0 aliphatic heterocycles. The summed E-state index contributed by atoms with van der Waals surface area (Å²) in [5, 5.41) is 0. The second kappa shape index (κ2) is 5.44. The van der Waals surface area contributed by atoms with E-state index in [0.717, 1.165) is 5.56 Å². The average Bonchev–Trinajstić information content (AvgIpc) is 2.47. The summed E-state index contributed by atoms with van der Waals surface area (Å²) in [6.07, 6.45) is -1.32. The van der Waals surface area contributed by atoms with Crippen molar-refractivity contribution in [1.82, 2.24) is 9.97 Å². The highest BCUT2D eigenvalue weighted by Gasteiger charge is 2.37. The Morgan fingerprint density at radius 1 is 1.14 bits per heavy atom. The quantitative estimate of drug-likeness (QED) is 0.874. The zero-order chi connectivity index (χ0) is 15.7. The maximum absolute atomic E-state index is 13.1. The van der Waals surface area contributed by atoms with E-state index in [9.17, 15) is 18.0 Å². The highest BCUT2D eigenvalue weighted by Crippen LogP contribution is 2.37. The molecule has 2 aromatic rings. The van der Waals surface area contributed by atoms with Gasteiger partial charge in [0.1, 0.15) is 5.69 Å². The minimum atomic E-state index is -4.58. The highest BCUT2D eigenvalue weighted by atomic mass is 19.4. The Balaban J connectivity index is 2.17. The van der Waals surface area contributed by atoms with Crippen LogP contribution >= 0.6 is 0 Å². The Kier molecular flexibility index (Phi) is 3.60. The van der Waals surface area contributed by atoms with Gasteiger partial charge in [0.15, 0.2) is 0 Å². The molecule has 1 aromatic carbocycles. The predicted octanol–water partition coefficient (Wildman–Crippen LogP) is 3.67. The van der Waals surface area contributed by atoms with Crippen LogP contribution in [0.25, 0.3) is 11.6 Å². The minimum Gasteiger partial charge on any atom is -0.301 e. The van der Waals surface area contributed by atoms with E-state index in [1.807, 2.05) is 35.3 Å². The van der Waals surface area contributed by atoms with Gasteiger partial charge in [-0.15, -0.1) is 0 Å². The van der Waals surface area contributed by atoms with Crippen LogP contribution in [0.1, 0.15) is 35.4 Å². The normalized spacial score (nSPS) is 16.6. The fourth-order valence-corrected chi connectivity index (χ4v) is 2.71. The Hall–Kier alpha value is -2.37. The predicted molar refractivity (Wildman–Crippen MR) is 77.1 cm³/mol. The first kappa shape index (κ1) is 14.6. The Morgan fingerprint density at radius 3 is 2.55 bits per heavy atom.